The third-order valence-corrected chi connectivity index (χ3v) is 4.64. The Kier molecular flexibility index (Phi) is 5.39. The summed E-state index contributed by atoms with van der Waals surface area (Å²) in [5.74, 6) is 0.171. The van der Waals surface area contributed by atoms with Gasteiger partial charge in [0.2, 0.25) is 5.91 Å². The average molecular weight is 357 g/mol. The Hall–Kier alpha value is -2.33. The minimum absolute atomic E-state index is 0.0382. The first-order chi connectivity index (χ1) is 12.0. The van der Waals surface area contributed by atoms with Gasteiger partial charge >= 0.3 is 0 Å². The quantitative estimate of drug-likeness (QED) is 0.819. The van der Waals surface area contributed by atoms with E-state index in [-0.39, 0.29) is 11.8 Å². The van der Waals surface area contributed by atoms with Crippen LogP contribution in [0.5, 0.6) is 0 Å². The first-order valence-electron chi connectivity index (χ1n) is 8.39. The molecule has 5 heteroatoms. The number of carbonyl (C=O) groups is 2. The van der Waals surface area contributed by atoms with Gasteiger partial charge in [-0.15, -0.1) is 0 Å². The minimum atomic E-state index is -0.0382. The number of carbonyl (C=O) groups excluding carboxylic acids is 2. The Morgan fingerprint density at radius 3 is 2.56 bits per heavy atom. The van der Waals surface area contributed by atoms with Gasteiger partial charge in [0, 0.05) is 43.7 Å². The molecule has 1 heterocycles. The molecule has 4 nitrogen and oxygen atoms in total. The van der Waals surface area contributed by atoms with Gasteiger partial charge in [0.25, 0.3) is 5.91 Å². The summed E-state index contributed by atoms with van der Waals surface area (Å²) in [5.41, 5.74) is 2.68. The molecule has 25 heavy (non-hydrogen) atoms. The number of amides is 2. The highest BCUT2D eigenvalue weighted by molar-refractivity contribution is 6.30. The second-order valence-corrected chi connectivity index (χ2v) is 6.84. The van der Waals surface area contributed by atoms with Crippen molar-refractivity contribution in [1.29, 1.82) is 0 Å². The van der Waals surface area contributed by atoms with Gasteiger partial charge in [-0.25, -0.2) is 0 Å². The number of benzene rings is 2. The standard InChI is InChI=1S/C20H21ClN2O2/c1-22(13-16-4-2-5-18(21)12-16)20(25)17-9-7-15(8-10-17)14-23-11-3-6-19(23)24/h2,4-5,7-10,12H,3,6,11,13-14H2,1H3. The van der Waals surface area contributed by atoms with E-state index in [4.69, 9.17) is 11.6 Å². The minimum Gasteiger partial charge on any atom is -0.338 e. The van der Waals surface area contributed by atoms with Crippen molar-refractivity contribution in [3.8, 4) is 0 Å². The van der Waals surface area contributed by atoms with Crippen LogP contribution >= 0.6 is 11.6 Å². The summed E-state index contributed by atoms with van der Waals surface area (Å²) in [6, 6.07) is 15.0. The second-order valence-electron chi connectivity index (χ2n) is 6.41. The number of likely N-dealkylation sites (tertiary alicyclic amines) is 1. The normalized spacial score (nSPS) is 14.0. The van der Waals surface area contributed by atoms with Crippen LogP contribution in [0.4, 0.5) is 0 Å². The third-order valence-electron chi connectivity index (χ3n) is 4.40. The molecule has 1 aliphatic rings. The lowest BCUT2D eigenvalue weighted by Crippen LogP contribution is -2.26. The molecule has 0 bridgehead atoms. The van der Waals surface area contributed by atoms with Crippen molar-refractivity contribution in [3.63, 3.8) is 0 Å². The first kappa shape index (κ1) is 17.5. The largest absolute Gasteiger partial charge is 0.338 e. The van der Waals surface area contributed by atoms with Gasteiger partial charge in [0.15, 0.2) is 0 Å². The number of hydrogen-bond donors (Lipinski definition) is 0. The predicted octanol–water partition coefficient (Wildman–Crippen LogP) is 3.73. The van der Waals surface area contributed by atoms with Gasteiger partial charge in [0.05, 0.1) is 0 Å². The fourth-order valence-corrected chi connectivity index (χ4v) is 3.26. The van der Waals surface area contributed by atoms with E-state index >= 15 is 0 Å². The Morgan fingerprint density at radius 1 is 1.16 bits per heavy atom. The summed E-state index contributed by atoms with van der Waals surface area (Å²) in [7, 11) is 1.78. The first-order valence-corrected chi connectivity index (χ1v) is 8.77. The summed E-state index contributed by atoms with van der Waals surface area (Å²) in [4.78, 5) is 27.8. The van der Waals surface area contributed by atoms with Crippen molar-refractivity contribution < 1.29 is 9.59 Å². The van der Waals surface area contributed by atoms with E-state index in [2.05, 4.69) is 0 Å². The van der Waals surface area contributed by atoms with Crippen LogP contribution in [0.3, 0.4) is 0 Å². The molecule has 2 aromatic rings. The summed E-state index contributed by atoms with van der Waals surface area (Å²) >= 11 is 5.99. The molecule has 0 aliphatic carbocycles. The van der Waals surface area contributed by atoms with Crippen LogP contribution in [-0.4, -0.2) is 35.2 Å². The van der Waals surface area contributed by atoms with Crippen molar-refractivity contribution in [1.82, 2.24) is 9.80 Å². The zero-order valence-corrected chi connectivity index (χ0v) is 15.0. The molecular formula is C20H21ClN2O2. The maximum Gasteiger partial charge on any atom is 0.253 e. The molecule has 0 N–H and O–H groups in total. The van der Waals surface area contributed by atoms with Crippen molar-refractivity contribution in [2.24, 2.45) is 0 Å². The molecule has 2 amide bonds. The summed E-state index contributed by atoms with van der Waals surface area (Å²) in [6.07, 6.45) is 1.58. The van der Waals surface area contributed by atoms with Crippen LogP contribution in [0.15, 0.2) is 48.5 Å². The SMILES string of the molecule is CN(Cc1cccc(Cl)c1)C(=O)c1ccc(CN2CCCC2=O)cc1. The number of nitrogens with zero attached hydrogens (tertiary/aromatic N) is 2. The van der Waals surface area contributed by atoms with Crippen LogP contribution in [-0.2, 0) is 17.9 Å². The number of hydrogen-bond acceptors (Lipinski definition) is 2. The monoisotopic (exact) mass is 356 g/mol. The molecule has 0 aromatic heterocycles. The Labute approximate surface area is 153 Å². The maximum absolute atomic E-state index is 12.6. The van der Waals surface area contributed by atoms with Crippen molar-refractivity contribution in [3.05, 3.63) is 70.2 Å². The van der Waals surface area contributed by atoms with Gasteiger partial charge in [-0.3, -0.25) is 9.59 Å². The molecule has 0 saturated carbocycles. The van der Waals surface area contributed by atoms with E-state index in [1.54, 1.807) is 11.9 Å². The van der Waals surface area contributed by atoms with E-state index in [9.17, 15) is 9.59 Å². The van der Waals surface area contributed by atoms with Gasteiger partial charge in [-0.2, -0.15) is 0 Å². The molecule has 0 unspecified atom stereocenters. The molecule has 1 saturated heterocycles. The van der Waals surface area contributed by atoms with E-state index in [1.165, 1.54) is 0 Å². The highest BCUT2D eigenvalue weighted by atomic mass is 35.5. The van der Waals surface area contributed by atoms with Crippen LogP contribution in [0.25, 0.3) is 0 Å². The fraction of sp³-hybridized carbons (Fsp3) is 0.300. The summed E-state index contributed by atoms with van der Waals surface area (Å²) in [6.45, 7) is 1.94. The van der Waals surface area contributed by atoms with Gasteiger partial charge in [-0.1, -0.05) is 35.9 Å². The molecule has 1 aliphatic heterocycles. The lowest BCUT2D eigenvalue weighted by molar-refractivity contribution is -0.128. The highest BCUT2D eigenvalue weighted by Crippen LogP contribution is 2.16. The second kappa shape index (κ2) is 7.70. The third kappa shape index (κ3) is 4.40. The molecule has 2 aromatic carbocycles. The molecule has 0 spiro atoms. The lowest BCUT2D eigenvalue weighted by Gasteiger charge is -2.18. The average Bonchev–Trinajstić information content (AvgIpc) is 3.00. The Balaban J connectivity index is 1.62. The van der Waals surface area contributed by atoms with Crippen molar-refractivity contribution in [2.45, 2.75) is 25.9 Å². The van der Waals surface area contributed by atoms with Crippen molar-refractivity contribution >= 4 is 23.4 Å². The number of halogens is 1. The van der Waals surface area contributed by atoms with Crippen molar-refractivity contribution in [2.75, 3.05) is 13.6 Å². The molecule has 0 radical (unpaired) electrons. The van der Waals surface area contributed by atoms with E-state index in [0.717, 1.165) is 24.1 Å². The van der Waals surface area contributed by atoms with Gasteiger partial charge < -0.3 is 9.80 Å². The topological polar surface area (TPSA) is 40.6 Å². The van der Waals surface area contributed by atoms with Crippen LogP contribution in [0.1, 0.15) is 34.3 Å². The molecule has 0 atom stereocenters. The Morgan fingerprint density at radius 2 is 1.92 bits per heavy atom. The van der Waals surface area contributed by atoms with Crippen LogP contribution in [0, 0.1) is 0 Å². The predicted molar refractivity (Wildman–Crippen MR) is 98.3 cm³/mol. The Bertz CT molecular complexity index is 774. The zero-order valence-electron chi connectivity index (χ0n) is 14.2. The zero-order chi connectivity index (χ0) is 17.8. The molecule has 3 rings (SSSR count). The van der Waals surface area contributed by atoms with E-state index in [0.29, 0.717) is 30.1 Å². The van der Waals surface area contributed by atoms with Gasteiger partial charge in [-0.05, 0) is 41.8 Å². The summed E-state index contributed by atoms with van der Waals surface area (Å²) in [5, 5.41) is 0.666. The lowest BCUT2D eigenvalue weighted by atomic mass is 10.1. The number of rotatable bonds is 5. The molecule has 130 valence electrons. The highest BCUT2D eigenvalue weighted by Gasteiger charge is 2.20. The fourth-order valence-electron chi connectivity index (χ4n) is 3.05. The maximum atomic E-state index is 12.6. The van der Waals surface area contributed by atoms with Crippen LogP contribution < -0.4 is 0 Å². The van der Waals surface area contributed by atoms with E-state index < -0.39 is 0 Å². The molecule has 1 fully saturated rings. The van der Waals surface area contributed by atoms with E-state index in [1.807, 2.05) is 53.4 Å². The summed E-state index contributed by atoms with van der Waals surface area (Å²) < 4.78 is 0. The van der Waals surface area contributed by atoms with Crippen LogP contribution in [0.2, 0.25) is 5.02 Å². The van der Waals surface area contributed by atoms with Gasteiger partial charge in [0.1, 0.15) is 0 Å². The smallest absolute Gasteiger partial charge is 0.253 e. The molecular weight excluding hydrogens is 336 g/mol.